The topological polar surface area (TPSA) is 46.5 Å². The van der Waals surface area contributed by atoms with Crippen LogP contribution >= 0.6 is 0 Å². The summed E-state index contributed by atoms with van der Waals surface area (Å²) in [5.74, 6) is 0.263. The van der Waals surface area contributed by atoms with Crippen molar-refractivity contribution in [2.75, 3.05) is 39.4 Å². The van der Waals surface area contributed by atoms with Crippen LogP contribution in [-0.4, -0.2) is 54.8 Å². The molecule has 1 atom stereocenters. The Balaban J connectivity index is 1.46. The monoisotopic (exact) mass is 405 g/mol. The van der Waals surface area contributed by atoms with Gasteiger partial charge in [0.1, 0.15) is 0 Å². The smallest absolute Gasteiger partial charge is 0.220 e. The van der Waals surface area contributed by atoms with Gasteiger partial charge in [-0.1, -0.05) is 48.5 Å². The van der Waals surface area contributed by atoms with Crippen molar-refractivity contribution in [3.8, 4) is 0 Å². The lowest BCUT2D eigenvalue weighted by molar-refractivity contribution is -0.121. The summed E-state index contributed by atoms with van der Waals surface area (Å²) in [7, 11) is 2.08. The van der Waals surface area contributed by atoms with Crippen molar-refractivity contribution < 1.29 is 9.53 Å². The predicted molar refractivity (Wildman–Crippen MR) is 121 cm³/mol. The molecule has 30 heavy (non-hydrogen) atoms. The van der Waals surface area contributed by atoms with Gasteiger partial charge in [-0.15, -0.1) is 0 Å². The summed E-state index contributed by atoms with van der Waals surface area (Å²) in [6.07, 6.45) is 3.54. The Hall–Kier alpha value is -2.63. The number of aryl methyl sites for hydroxylation is 1. The molecule has 0 saturated carbocycles. The molecule has 5 heteroatoms. The third kappa shape index (κ3) is 5.10. The van der Waals surface area contributed by atoms with Crippen LogP contribution < -0.4 is 5.32 Å². The SMILES string of the molecule is Cn1cc(C(CC(=O)NCCN2CCOCC2)Cc2ccccc2)c2ccccc21. The van der Waals surface area contributed by atoms with Gasteiger partial charge >= 0.3 is 0 Å². The summed E-state index contributed by atoms with van der Waals surface area (Å²) in [6.45, 7) is 5.03. The van der Waals surface area contributed by atoms with Crippen LogP contribution in [0.5, 0.6) is 0 Å². The molecule has 1 unspecified atom stereocenters. The van der Waals surface area contributed by atoms with Gasteiger partial charge in [0, 0.05) is 56.7 Å². The summed E-state index contributed by atoms with van der Waals surface area (Å²) in [5, 5.41) is 4.38. The van der Waals surface area contributed by atoms with Crippen LogP contribution in [0.25, 0.3) is 10.9 Å². The normalized spacial score (nSPS) is 15.9. The summed E-state index contributed by atoms with van der Waals surface area (Å²) in [4.78, 5) is 15.2. The van der Waals surface area contributed by atoms with Gasteiger partial charge in [0.05, 0.1) is 13.2 Å². The molecule has 0 radical (unpaired) electrons. The fourth-order valence-electron chi connectivity index (χ4n) is 4.36. The van der Waals surface area contributed by atoms with Crippen LogP contribution in [0, 0.1) is 0 Å². The van der Waals surface area contributed by atoms with Gasteiger partial charge in [0.15, 0.2) is 0 Å². The molecule has 1 fully saturated rings. The fourth-order valence-corrected chi connectivity index (χ4v) is 4.36. The molecule has 1 saturated heterocycles. The van der Waals surface area contributed by atoms with E-state index in [2.05, 4.69) is 76.6 Å². The maximum absolute atomic E-state index is 12.8. The third-order valence-corrected chi connectivity index (χ3v) is 5.98. The summed E-state index contributed by atoms with van der Waals surface area (Å²) in [5.41, 5.74) is 3.72. The van der Waals surface area contributed by atoms with Crippen LogP contribution in [0.1, 0.15) is 23.5 Å². The number of carbonyl (C=O) groups excluding carboxylic acids is 1. The molecular weight excluding hydrogens is 374 g/mol. The number of aromatic nitrogens is 1. The first-order chi connectivity index (χ1) is 14.7. The lowest BCUT2D eigenvalue weighted by atomic mass is 9.88. The van der Waals surface area contributed by atoms with E-state index in [4.69, 9.17) is 4.74 Å². The van der Waals surface area contributed by atoms with Crippen molar-refractivity contribution in [2.24, 2.45) is 7.05 Å². The second-order valence-corrected chi connectivity index (χ2v) is 8.11. The van der Waals surface area contributed by atoms with Crippen LogP contribution in [0.2, 0.25) is 0 Å². The molecule has 0 bridgehead atoms. The quantitative estimate of drug-likeness (QED) is 0.625. The van der Waals surface area contributed by atoms with E-state index >= 15 is 0 Å². The highest BCUT2D eigenvalue weighted by molar-refractivity contribution is 5.86. The van der Waals surface area contributed by atoms with Crippen molar-refractivity contribution in [2.45, 2.75) is 18.8 Å². The molecule has 1 aromatic heterocycles. The van der Waals surface area contributed by atoms with Crippen LogP contribution in [0.3, 0.4) is 0 Å². The highest BCUT2D eigenvalue weighted by atomic mass is 16.5. The predicted octanol–water partition coefficient (Wildman–Crippen LogP) is 3.34. The molecule has 4 rings (SSSR count). The second kappa shape index (κ2) is 9.92. The first kappa shape index (κ1) is 20.6. The van der Waals surface area contributed by atoms with Crippen molar-refractivity contribution in [1.29, 1.82) is 0 Å². The fraction of sp³-hybridized carbons (Fsp3) is 0.400. The number of carbonyl (C=O) groups is 1. The molecular formula is C25H31N3O2. The van der Waals surface area contributed by atoms with Gasteiger partial charge in [-0.05, 0) is 29.5 Å². The second-order valence-electron chi connectivity index (χ2n) is 8.11. The average Bonchev–Trinajstić information content (AvgIpc) is 3.12. The zero-order valence-corrected chi connectivity index (χ0v) is 17.7. The average molecular weight is 406 g/mol. The molecule has 1 amide bonds. The number of amides is 1. The minimum atomic E-state index is 0.122. The lowest BCUT2D eigenvalue weighted by Gasteiger charge is -2.26. The molecule has 1 aliphatic heterocycles. The van der Waals surface area contributed by atoms with Gasteiger partial charge in [-0.2, -0.15) is 0 Å². The summed E-state index contributed by atoms with van der Waals surface area (Å²) < 4.78 is 7.56. The van der Waals surface area contributed by atoms with E-state index in [1.165, 1.54) is 22.0 Å². The van der Waals surface area contributed by atoms with Crippen LogP contribution in [-0.2, 0) is 23.0 Å². The number of hydrogen-bond acceptors (Lipinski definition) is 3. The number of nitrogens with zero attached hydrogens (tertiary/aromatic N) is 2. The summed E-state index contributed by atoms with van der Waals surface area (Å²) in [6, 6.07) is 18.9. The number of rotatable bonds is 8. The van der Waals surface area contributed by atoms with Gasteiger partial charge < -0.3 is 14.6 Å². The molecule has 5 nitrogen and oxygen atoms in total. The van der Waals surface area contributed by atoms with Crippen LogP contribution in [0.15, 0.2) is 60.8 Å². The molecule has 2 aromatic carbocycles. The first-order valence-electron chi connectivity index (χ1n) is 10.9. The number of benzene rings is 2. The molecule has 1 aliphatic rings. The number of fused-ring (bicyclic) bond motifs is 1. The molecule has 1 N–H and O–H groups in total. The molecule has 3 aromatic rings. The Morgan fingerprint density at radius 3 is 2.60 bits per heavy atom. The van der Waals surface area contributed by atoms with Gasteiger partial charge in [0.2, 0.25) is 5.91 Å². The number of hydrogen-bond donors (Lipinski definition) is 1. The van der Waals surface area contributed by atoms with Crippen molar-refractivity contribution in [1.82, 2.24) is 14.8 Å². The standard InChI is InChI=1S/C25H31N3O2/c1-27-19-23(22-9-5-6-10-24(22)27)21(17-20-7-3-2-4-8-20)18-25(29)26-11-12-28-13-15-30-16-14-28/h2-10,19,21H,11-18H2,1H3,(H,26,29). The minimum absolute atomic E-state index is 0.122. The summed E-state index contributed by atoms with van der Waals surface area (Å²) >= 11 is 0. The van der Waals surface area contributed by atoms with E-state index in [0.29, 0.717) is 13.0 Å². The lowest BCUT2D eigenvalue weighted by Crippen LogP contribution is -2.41. The van der Waals surface area contributed by atoms with Gasteiger partial charge in [-0.3, -0.25) is 9.69 Å². The molecule has 0 spiro atoms. The maximum atomic E-state index is 12.8. The van der Waals surface area contributed by atoms with Crippen molar-refractivity contribution in [3.63, 3.8) is 0 Å². The number of ether oxygens (including phenoxy) is 1. The Morgan fingerprint density at radius 1 is 1.07 bits per heavy atom. The number of nitrogens with one attached hydrogen (secondary N) is 1. The first-order valence-corrected chi connectivity index (χ1v) is 10.9. The van der Waals surface area contributed by atoms with Crippen molar-refractivity contribution >= 4 is 16.8 Å². The van der Waals surface area contributed by atoms with Gasteiger partial charge in [0.25, 0.3) is 0 Å². The largest absolute Gasteiger partial charge is 0.379 e. The van der Waals surface area contributed by atoms with E-state index in [1.54, 1.807) is 0 Å². The highest BCUT2D eigenvalue weighted by Crippen LogP contribution is 2.32. The van der Waals surface area contributed by atoms with Gasteiger partial charge in [-0.25, -0.2) is 0 Å². The number of morpholine rings is 1. The molecule has 0 aliphatic carbocycles. The zero-order chi connectivity index (χ0) is 20.8. The van der Waals surface area contributed by atoms with E-state index in [-0.39, 0.29) is 11.8 Å². The number of para-hydroxylation sites is 1. The van der Waals surface area contributed by atoms with E-state index in [0.717, 1.165) is 39.3 Å². The Morgan fingerprint density at radius 2 is 1.80 bits per heavy atom. The highest BCUT2D eigenvalue weighted by Gasteiger charge is 2.21. The Labute approximate surface area is 178 Å². The zero-order valence-electron chi connectivity index (χ0n) is 17.7. The van der Waals surface area contributed by atoms with E-state index in [1.807, 2.05) is 6.07 Å². The Kier molecular flexibility index (Phi) is 6.82. The van der Waals surface area contributed by atoms with Crippen LogP contribution in [0.4, 0.5) is 0 Å². The minimum Gasteiger partial charge on any atom is -0.379 e. The molecule has 2 heterocycles. The van der Waals surface area contributed by atoms with E-state index < -0.39 is 0 Å². The third-order valence-electron chi connectivity index (χ3n) is 5.98. The van der Waals surface area contributed by atoms with E-state index in [9.17, 15) is 4.79 Å². The Bertz CT molecular complexity index is 961. The van der Waals surface area contributed by atoms with Crippen molar-refractivity contribution in [3.05, 3.63) is 71.9 Å². The maximum Gasteiger partial charge on any atom is 0.220 e. The molecule has 158 valence electrons.